The van der Waals surface area contributed by atoms with Gasteiger partial charge in [0.1, 0.15) is 5.75 Å². The SMILES string of the molecule is NC(=O)c1cccc(Oc2ccc(NC(=O)C3CCCN(c4ncccn4)C3)cn2)c1. The predicted octanol–water partition coefficient (Wildman–Crippen LogP) is 2.62. The number of hydrogen-bond acceptors (Lipinski definition) is 7. The lowest BCUT2D eigenvalue weighted by atomic mass is 9.97. The van der Waals surface area contributed by atoms with Gasteiger partial charge in [0.05, 0.1) is 17.8 Å². The number of benzene rings is 1. The van der Waals surface area contributed by atoms with Crippen LogP contribution in [0, 0.1) is 5.92 Å². The van der Waals surface area contributed by atoms with Crippen molar-refractivity contribution in [1.29, 1.82) is 0 Å². The van der Waals surface area contributed by atoms with Gasteiger partial charge >= 0.3 is 0 Å². The Labute approximate surface area is 179 Å². The lowest BCUT2D eigenvalue weighted by Gasteiger charge is -2.31. The van der Waals surface area contributed by atoms with Crippen molar-refractivity contribution < 1.29 is 14.3 Å². The summed E-state index contributed by atoms with van der Waals surface area (Å²) in [5.41, 5.74) is 6.22. The molecule has 158 valence electrons. The van der Waals surface area contributed by atoms with Crippen molar-refractivity contribution in [3.8, 4) is 11.6 Å². The van der Waals surface area contributed by atoms with Crippen LogP contribution in [-0.2, 0) is 4.79 Å². The van der Waals surface area contributed by atoms with Gasteiger partial charge in [-0.25, -0.2) is 15.0 Å². The maximum atomic E-state index is 12.7. The highest BCUT2D eigenvalue weighted by molar-refractivity contribution is 5.93. The average Bonchev–Trinajstić information content (AvgIpc) is 2.81. The first-order valence-electron chi connectivity index (χ1n) is 9.95. The summed E-state index contributed by atoms with van der Waals surface area (Å²) in [4.78, 5) is 38.8. The number of carbonyl (C=O) groups excluding carboxylic acids is 2. The molecule has 9 heteroatoms. The molecule has 0 spiro atoms. The third kappa shape index (κ3) is 5.13. The molecule has 1 atom stereocenters. The Balaban J connectivity index is 1.36. The lowest BCUT2D eigenvalue weighted by Crippen LogP contribution is -2.41. The van der Waals surface area contributed by atoms with Gasteiger partial charge in [0, 0.05) is 37.1 Å². The molecule has 3 N–H and O–H groups in total. The van der Waals surface area contributed by atoms with Gasteiger partial charge < -0.3 is 20.7 Å². The van der Waals surface area contributed by atoms with Crippen LogP contribution in [-0.4, -0.2) is 39.9 Å². The standard InChI is InChI=1S/C22H22N6O3/c23-20(29)15-4-1-6-18(12-15)31-19-8-7-17(13-26-19)27-21(30)16-5-2-11-28(14-16)22-24-9-3-10-25-22/h1,3-4,6-10,12-13,16H,2,5,11,14H2,(H2,23,29)(H,27,30). The fourth-order valence-corrected chi connectivity index (χ4v) is 3.42. The number of hydrogen-bond donors (Lipinski definition) is 2. The molecular formula is C22H22N6O3. The summed E-state index contributed by atoms with van der Waals surface area (Å²) in [6.07, 6.45) is 6.63. The quantitative estimate of drug-likeness (QED) is 0.631. The number of nitrogens with zero attached hydrogens (tertiary/aromatic N) is 4. The zero-order valence-electron chi connectivity index (χ0n) is 16.8. The van der Waals surface area contributed by atoms with Crippen LogP contribution >= 0.6 is 0 Å². The fourth-order valence-electron chi connectivity index (χ4n) is 3.42. The molecule has 3 heterocycles. The van der Waals surface area contributed by atoms with Gasteiger partial charge in [0.2, 0.25) is 23.6 Å². The zero-order valence-corrected chi connectivity index (χ0v) is 16.8. The summed E-state index contributed by atoms with van der Waals surface area (Å²) >= 11 is 0. The van der Waals surface area contributed by atoms with E-state index in [4.69, 9.17) is 10.5 Å². The van der Waals surface area contributed by atoms with E-state index < -0.39 is 5.91 Å². The summed E-state index contributed by atoms with van der Waals surface area (Å²) in [6.45, 7) is 1.40. The summed E-state index contributed by atoms with van der Waals surface area (Å²) in [7, 11) is 0. The third-order valence-electron chi connectivity index (χ3n) is 4.97. The smallest absolute Gasteiger partial charge is 0.248 e. The van der Waals surface area contributed by atoms with Crippen LogP contribution in [0.5, 0.6) is 11.6 Å². The minimum atomic E-state index is -0.531. The van der Waals surface area contributed by atoms with Crippen molar-refractivity contribution in [2.75, 3.05) is 23.3 Å². The maximum absolute atomic E-state index is 12.7. The topological polar surface area (TPSA) is 123 Å². The molecule has 1 aliphatic heterocycles. The van der Waals surface area contributed by atoms with Gasteiger partial charge in [-0.1, -0.05) is 6.07 Å². The molecule has 0 bridgehead atoms. The number of carbonyl (C=O) groups is 2. The Morgan fingerprint density at radius 3 is 2.68 bits per heavy atom. The largest absolute Gasteiger partial charge is 0.439 e. The molecule has 2 aromatic heterocycles. The second-order valence-corrected chi connectivity index (χ2v) is 7.20. The van der Waals surface area contributed by atoms with E-state index in [1.54, 1.807) is 54.9 Å². The van der Waals surface area contributed by atoms with Crippen molar-refractivity contribution in [3.63, 3.8) is 0 Å². The Morgan fingerprint density at radius 1 is 1.10 bits per heavy atom. The number of rotatable bonds is 6. The summed E-state index contributed by atoms with van der Waals surface area (Å²) in [6, 6.07) is 11.7. The molecule has 1 fully saturated rings. The second kappa shape index (κ2) is 9.21. The van der Waals surface area contributed by atoms with Gasteiger partial charge in [-0.15, -0.1) is 0 Å². The summed E-state index contributed by atoms with van der Waals surface area (Å²) in [5.74, 6) is 0.672. The van der Waals surface area contributed by atoms with E-state index >= 15 is 0 Å². The van der Waals surface area contributed by atoms with Crippen LogP contribution in [0.25, 0.3) is 0 Å². The van der Waals surface area contributed by atoms with Crippen LogP contribution in [0.4, 0.5) is 11.6 Å². The third-order valence-corrected chi connectivity index (χ3v) is 4.97. The first-order valence-corrected chi connectivity index (χ1v) is 9.95. The van der Waals surface area contributed by atoms with Gasteiger partial charge in [-0.2, -0.15) is 0 Å². The maximum Gasteiger partial charge on any atom is 0.248 e. The van der Waals surface area contributed by atoms with Crippen LogP contribution in [0.3, 0.4) is 0 Å². The number of pyridine rings is 1. The first kappa shape index (κ1) is 20.3. The van der Waals surface area contributed by atoms with Gasteiger partial charge in [0.15, 0.2) is 0 Å². The molecule has 3 aromatic rings. The Bertz CT molecular complexity index is 1060. The molecule has 31 heavy (non-hydrogen) atoms. The van der Waals surface area contributed by atoms with E-state index in [0.29, 0.717) is 35.4 Å². The van der Waals surface area contributed by atoms with Crippen molar-refractivity contribution >= 4 is 23.5 Å². The van der Waals surface area contributed by atoms with Gasteiger partial charge in [-0.05, 0) is 43.2 Å². The van der Waals surface area contributed by atoms with E-state index in [0.717, 1.165) is 19.4 Å². The minimum absolute atomic E-state index is 0.0646. The molecule has 1 aliphatic rings. The molecule has 9 nitrogen and oxygen atoms in total. The molecule has 2 amide bonds. The number of primary amides is 1. The molecule has 0 saturated carbocycles. The summed E-state index contributed by atoms with van der Waals surface area (Å²) in [5, 5.41) is 2.91. The molecule has 1 saturated heterocycles. The number of ether oxygens (including phenoxy) is 1. The monoisotopic (exact) mass is 418 g/mol. The van der Waals surface area contributed by atoms with Gasteiger partial charge in [0.25, 0.3) is 0 Å². The van der Waals surface area contributed by atoms with Gasteiger partial charge in [-0.3, -0.25) is 9.59 Å². The van der Waals surface area contributed by atoms with Crippen LogP contribution in [0.1, 0.15) is 23.2 Å². The Hall–Kier alpha value is -4.01. The average molecular weight is 418 g/mol. The Kier molecular flexibility index (Phi) is 6.02. The van der Waals surface area contributed by atoms with Crippen molar-refractivity contribution in [2.24, 2.45) is 11.7 Å². The number of nitrogens with two attached hydrogens (primary N) is 1. The van der Waals surface area contributed by atoms with E-state index in [1.165, 1.54) is 6.20 Å². The number of aromatic nitrogens is 3. The highest BCUT2D eigenvalue weighted by atomic mass is 16.5. The van der Waals surface area contributed by atoms with E-state index in [2.05, 4.69) is 20.3 Å². The molecule has 1 aromatic carbocycles. The van der Waals surface area contributed by atoms with Crippen LogP contribution in [0.2, 0.25) is 0 Å². The molecule has 4 rings (SSSR count). The second-order valence-electron chi connectivity index (χ2n) is 7.20. The van der Waals surface area contributed by atoms with Crippen molar-refractivity contribution in [2.45, 2.75) is 12.8 Å². The normalized spacial score (nSPS) is 15.9. The fraction of sp³-hybridized carbons (Fsp3) is 0.227. The highest BCUT2D eigenvalue weighted by Gasteiger charge is 2.27. The predicted molar refractivity (Wildman–Crippen MR) is 115 cm³/mol. The molecule has 0 radical (unpaired) electrons. The number of amides is 2. The Morgan fingerprint density at radius 2 is 1.94 bits per heavy atom. The number of anilines is 2. The highest BCUT2D eigenvalue weighted by Crippen LogP contribution is 2.24. The zero-order chi connectivity index (χ0) is 21.6. The van der Waals surface area contributed by atoms with Crippen LogP contribution < -0.4 is 20.7 Å². The lowest BCUT2D eigenvalue weighted by molar-refractivity contribution is -0.120. The number of piperidine rings is 1. The summed E-state index contributed by atoms with van der Waals surface area (Å²) < 4.78 is 5.66. The van der Waals surface area contributed by atoms with Crippen LogP contribution in [0.15, 0.2) is 61.1 Å². The molecule has 1 unspecified atom stereocenters. The molecule has 0 aliphatic carbocycles. The molecular weight excluding hydrogens is 396 g/mol. The first-order chi connectivity index (χ1) is 15.1. The van der Waals surface area contributed by atoms with E-state index in [9.17, 15) is 9.59 Å². The number of nitrogens with one attached hydrogen (secondary N) is 1. The van der Waals surface area contributed by atoms with E-state index in [-0.39, 0.29) is 11.8 Å². The van der Waals surface area contributed by atoms with Crippen molar-refractivity contribution in [1.82, 2.24) is 15.0 Å². The van der Waals surface area contributed by atoms with Crippen molar-refractivity contribution in [3.05, 3.63) is 66.6 Å². The van der Waals surface area contributed by atoms with E-state index in [1.807, 2.05) is 4.90 Å². The minimum Gasteiger partial charge on any atom is -0.439 e.